The van der Waals surface area contributed by atoms with Gasteiger partial charge in [0.1, 0.15) is 5.82 Å². The first-order chi connectivity index (χ1) is 10.5. The van der Waals surface area contributed by atoms with Crippen molar-refractivity contribution in [2.24, 2.45) is 5.41 Å². The van der Waals surface area contributed by atoms with E-state index in [9.17, 15) is 14.3 Å². The summed E-state index contributed by atoms with van der Waals surface area (Å²) in [5.41, 5.74) is 0.643. The summed E-state index contributed by atoms with van der Waals surface area (Å²) in [4.78, 5) is 14.4. The highest BCUT2D eigenvalue weighted by Crippen LogP contribution is 2.36. The standard InChI is InChI=1S/C17H23FN2O2.ClH/c1-12-3-4-13(14(18)9-12)16(22)20-8-2-6-17(11-20)10-19-7-5-15(17)21;/h3-4,9,15,19,21H,2,5-8,10-11H2,1H3;1H/t15-,17-;/m0./s1. The number of nitrogens with one attached hydrogen (secondary N) is 1. The highest BCUT2D eigenvalue weighted by Gasteiger charge is 2.44. The first-order valence-corrected chi connectivity index (χ1v) is 7.96. The molecule has 6 heteroatoms. The number of hydrogen-bond donors (Lipinski definition) is 2. The number of benzene rings is 1. The average molecular weight is 343 g/mol. The lowest BCUT2D eigenvalue weighted by Gasteiger charge is -2.48. The van der Waals surface area contributed by atoms with Gasteiger partial charge in [0.2, 0.25) is 0 Å². The smallest absolute Gasteiger partial charge is 0.256 e. The number of aliphatic hydroxyl groups is 1. The lowest BCUT2D eigenvalue weighted by molar-refractivity contribution is -0.0433. The van der Waals surface area contributed by atoms with Crippen molar-refractivity contribution in [3.63, 3.8) is 0 Å². The van der Waals surface area contributed by atoms with Gasteiger partial charge in [-0.05, 0) is 50.4 Å². The van der Waals surface area contributed by atoms with Gasteiger partial charge in [0, 0.05) is 25.0 Å². The van der Waals surface area contributed by atoms with Crippen LogP contribution in [-0.4, -0.2) is 48.2 Å². The van der Waals surface area contributed by atoms with Crippen molar-refractivity contribution in [3.8, 4) is 0 Å². The van der Waals surface area contributed by atoms with Gasteiger partial charge >= 0.3 is 0 Å². The normalized spacial score (nSPS) is 27.6. The van der Waals surface area contributed by atoms with Crippen LogP contribution in [0.3, 0.4) is 0 Å². The van der Waals surface area contributed by atoms with Crippen LogP contribution in [0.4, 0.5) is 4.39 Å². The van der Waals surface area contributed by atoms with E-state index in [-0.39, 0.29) is 29.3 Å². The van der Waals surface area contributed by atoms with E-state index in [4.69, 9.17) is 0 Å². The number of rotatable bonds is 1. The molecule has 2 N–H and O–H groups in total. The van der Waals surface area contributed by atoms with Gasteiger partial charge in [0.25, 0.3) is 5.91 Å². The molecule has 23 heavy (non-hydrogen) atoms. The summed E-state index contributed by atoms with van der Waals surface area (Å²) in [6.07, 6.45) is 2.06. The van der Waals surface area contributed by atoms with E-state index in [1.165, 1.54) is 6.07 Å². The Morgan fingerprint density at radius 3 is 2.96 bits per heavy atom. The molecule has 2 saturated heterocycles. The van der Waals surface area contributed by atoms with Crippen LogP contribution in [0.2, 0.25) is 0 Å². The molecule has 0 saturated carbocycles. The highest BCUT2D eigenvalue weighted by molar-refractivity contribution is 5.94. The Morgan fingerprint density at radius 2 is 2.26 bits per heavy atom. The molecule has 0 radical (unpaired) electrons. The van der Waals surface area contributed by atoms with Gasteiger partial charge in [-0.1, -0.05) is 6.07 Å². The third-order valence-electron chi connectivity index (χ3n) is 5.03. The highest BCUT2D eigenvalue weighted by atomic mass is 35.5. The number of aryl methyl sites for hydroxylation is 1. The molecule has 1 spiro atoms. The van der Waals surface area contributed by atoms with Crippen molar-refractivity contribution in [1.29, 1.82) is 0 Å². The molecular weight excluding hydrogens is 319 g/mol. The fourth-order valence-electron chi connectivity index (χ4n) is 3.71. The minimum atomic E-state index is -0.466. The molecular formula is C17H24ClFN2O2. The zero-order valence-corrected chi connectivity index (χ0v) is 14.2. The number of hydrogen-bond acceptors (Lipinski definition) is 3. The predicted octanol–water partition coefficient (Wildman–Crippen LogP) is 2.13. The fourth-order valence-corrected chi connectivity index (χ4v) is 3.71. The Bertz CT molecular complexity index is 580. The maximum absolute atomic E-state index is 14.1. The van der Waals surface area contributed by atoms with Crippen LogP contribution < -0.4 is 5.32 Å². The molecule has 1 aromatic carbocycles. The number of carbonyl (C=O) groups excluding carboxylic acids is 1. The first kappa shape index (κ1) is 18.2. The van der Waals surface area contributed by atoms with Crippen LogP contribution in [0, 0.1) is 18.2 Å². The number of carbonyl (C=O) groups is 1. The van der Waals surface area contributed by atoms with E-state index in [0.717, 1.165) is 24.9 Å². The second-order valence-electron chi connectivity index (χ2n) is 6.66. The molecule has 2 heterocycles. The molecule has 1 aromatic rings. The van der Waals surface area contributed by atoms with Crippen molar-refractivity contribution in [3.05, 3.63) is 35.1 Å². The first-order valence-electron chi connectivity index (χ1n) is 7.96. The van der Waals surface area contributed by atoms with Crippen molar-refractivity contribution in [1.82, 2.24) is 10.2 Å². The van der Waals surface area contributed by atoms with Gasteiger partial charge in [-0.25, -0.2) is 4.39 Å². The SMILES string of the molecule is Cc1ccc(C(=O)N2CCC[C@]3(CNCC[C@@H]3O)C2)c(F)c1.Cl. The van der Waals surface area contributed by atoms with Crippen LogP contribution in [0.1, 0.15) is 35.2 Å². The number of halogens is 2. The summed E-state index contributed by atoms with van der Waals surface area (Å²) in [6.45, 7) is 4.45. The zero-order chi connectivity index (χ0) is 15.7. The molecule has 0 unspecified atom stereocenters. The van der Waals surface area contributed by atoms with Crippen molar-refractivity contribution in [2.45, 2.75) is 32.3 Å². The van der Waals surface area contributed by atoms with Crippen LogP contribution in [0.5, 0.6) is 0 Å². The van der Waals surface area contributed by atoms with E-state index in [1.807, 2.05) is 0 Å². The van der Waals surface area contributed by atoms with Crippen molar-refractivity contribution < 1.29 is 14.3 Å². The molecule has 0 aromatic heterocycles. The maximum Gasteiger partial charge on any atom is 0.256 e. The summed E-state index contributed by atoms with van der Waals surface area (Å²) in [5.74, 6) is -0.735. The van der Waals surface area contributed by atoms with Gasteiger partial charge in [-0.15, -0.1) is 12.4 Å². The second-order valence-corrected chi connectivity index (χ2v) is 6.66. The molecule has 2 atom stereocenters. The topological polar surface area (TPSA) is 52.6 Å². The summed E-state index contributed by atoms with van der Waals surface area (Å²) >= 11 is 0. The van der Waals surface area contributed by atoms with E-state index >= 15 is 0 Å². The molecule has 1 amide bonds. The molecule has 128 valence electrons. The summed E-state index contributed by atoms with van der Waals surface area (Å²) in [5, 5.41) is 13.7. The molecule has 0 aliphatic carbocycles. The minimum Gasteiger partial charge on any atom is -0.392 e. The molecule has 2 aliphatic rings. The number of nitrogens with zero attached hydrogens (tertiary/aromatic N) is 1. The largest absolute Gasteiger partial charge is 0.392 e. The second kappa shape index (κ2) is 7.16. The summed E-state index contributed by atoms with van der Waals surface area (Å²) < 4.78 is 14.1. The monoisotopic (exact) mass is 342 g/mol. The lowest BCUT2D eigenvalue weighted by atomic mass is 9.72. The van der Waals surface area contributed by atoms with E-state index in [2.05, 4.69) is 5.32 Å². The number of piperidine rings is 2. The zero-order valence-electron chi connectivity index (χ0n) is 13.3. The Morgan fingerprint density at radius 1 is 1.48 bits per heavy atom. The van der Waals surface area contributed by atoms with Crippen molar-refractivity contribution >= 4 is 18.3 Å². The Hall–Kier alpha value is -1.17. The van der Waals surface area contributed by atoms with E-state index in [0.29, 0.717) is 26.1 Å². The Labute approximate surface area is 142 Å². The molecule has 3 rings (SSSR count). The van der Waals surface area contributed by atoms with Gasteiger partial charge < -0.3 is 15.3 Å². The van der Waals surface area contributed by atoms with Gasteiger partial charge in [0.05, 0.1) is 11.7 Å². The average Bonchev–Trinajstić information content (AvgIpc) is 2.50. The van der Waals surface area contributed by atoms with Gasteiger partial charge in [-0.2, -0.15) is 0 Å². The van der Waals surface area contributed by atoms with Crippen LogP contribution in [0.15, 0.2) is 18.2 Å². The third kappa shape index (κ3) is 3.52. The van der Waals surface area contributed by atoms with Crippen LogP contribution >= 0.6 is 12.4 Å². The van der Waals surface area contributed by atoms with Crippen LogP contribution in [0.25, 0.3) is 0 Å². The van der Waals surface area contributed by atoms with Crippen molar-refractivity contribution in [2.75, 3.05) is 26.2 Å². The molecule has 0 bridgehead atoms. The maximum atomic E-state index is 14.1. The van der Waals surface area contributed by atoms with Gasteiger partial charge in [-0.3, -0.25) is 4.79 Å². The third-order valence-corrected chi connectivity index (χ3v) is 5.03. The number of amides is 1. The summed E-state index contributed by atoms with van der Waals surface area (Å²) in [7, 11) is 0. The number of likely N-dealkylation sites (tertiary alicyclic amines) is 1. The Kier molecular flexibility index (Phi) is 5.65. The lowest BCUT2D eigenvalue weighted by Crippen LogP contribution is -2.58. The molecule has 2 aliphatic heterocycles. The van der Waals surface area contributed by atoms with Gasteiger partial charge in [0.15, 0.2) is 0 Å². The molecule has 4 nitrogen and oxygen atoms in total. The van der Waals surface area contributed by atoms with E-state index in [1.54, 1.807) is 24.0 Å². The summed E-state index contributed by atoms with van der Waals surface area (Å²) in [6, 6.07) is 4.71. The fraction of sp³-hybridized carbons (Fsp3) is 0.588. The quantitative estimate of drug-likeness (QED) is 0.822. The minimum absolute atomic E-state index is 0. The Balaban J connectivity index is 0.00000192. The predicted molar refractivity (Wildman–Crippen MR) is 89.4 cm³/mol. The van der Waals surface area contributed by atoms with Crippen LogP contribution in [-0.2, 0) is 0 Å². The molecule has 2 fully saturated rings. The van der Waals surface area contributed by atoms with E-state index < -0.39 is 11.9 Å². The number of aliphatic hydroxyl groups excluding tert-OH is 1.